The highest BCUT2D eigenvalue weighted by atomic mass is 127. The molecule has 19 heavy (non-hydrogen) atoms. The molecule has 1 amide bonds. The molecule has 1 aromatic rings. The van der Waals surface area contributed by atoms with Gasteiger partial charge in [-0.25, -0.2) is 0 Å². The highest BCUT2D eigenvalue weighted by molar-refractivity contribution is 14.1. The van der Waals surface area contributed by atoms with Crippen LogP contribution in [0.3, 0.4) is 0 Å². The summed E-state index contributed by atoms with van der Waals surface area (Å²) >= 11 is 2.16. The van der Waals surface area contributed by atoms with Crippen molar-refractivity contribution in [3.63, 3.8) is 0 Å². The number of rotatable bonds is 2. The molecule has 1 fully saturated rings. The van der Waals surface area contributed by atoms with Gasteiger partial charge in [0, 0.05) is 21.7 Å². The van der Waals surface area contributed by atoms with Crippen molar-refractivity contribution in [2.45, 2.75) is 25.8 Å². The Kier molecular flexibility index (Phi) is 4.44. The van der Waals surface area contributed by atoms with Crippen molar-refractivity contribution < 1.29 is 14.7 Å². The maximum absolute atomic E-state index is 12.5. The number of nitrogens with zero attached hydrogens (tertiary/aromatic N) is 1. The van der Waals surface area contributed by atoms with Gasteiger partial charge >= 0.3 is 5.97 Å². The molecule has 2 rings (SSSR count). The van der Waals surface area contributed by atoms with E-state index in [2.05, 4.69) is 22.6 Å². The van der Waals surface area contributed by atoms with Crippen molar-refractivity contribution in [1.82, 2.24) is 4.90 Å². The van der Waals surface area contributed by atoms with E-state index in [-0.39, 0.29) is 11.9 Å². The van der Waals surface area contributed by atoms with Crippen LogP contribution in [0.2, 0.25) is 0 Å². The van der Waals surface area contributed by atoms with E-state index in [0.717, 1.165) is 9.99 Å². The molecule has 0 unspecified atom stereocenters. The number of carboxylic acids is 1. The number of aliphatic carboxylic acids is 1. The lowest BCUT2D eigenvalue weighted by atomic mass is 9.90. The van der Waals surface area contributed by atoms with Gasteiger partial charge in [0.25, 0.3) is 5.91 Å². The molecule has 4 nitrogen and oxygen atoms in total. The fourth-order valence-electron chi connectivity index (χ4n) is 2.55. The summed E-state index contributed by atoms with van der Waals surface area (Å²) in [5.74, 6) is -1.34. The minimum Gasteiger partial charge on any atom is -0.481 e. The molecule has 1 aromatic carbocycles. The van der Waals surface area contributed by atoms with Gasteiger partial charge in [-0.3, -0.25) is 9.59 Å². The first-order valence-electron chi connectivity index (χ1n) is 6.30. The number of carboxylic acid groups (broad SMARTS) is 1. The number of likely N-dealkylation sites (tertiary alicyclic amines) is 1. The number of piperidine rings is 1. The molecule has 0 aromatic heterocycles. The number of carbonyl (C=O) groups excluding carboxylic acids is 1. The Labute approximate surface area is 125 Å². The summed E-state index contributed by atoms with van der Waals surface area (Å²) in [4.78, 5) is 25.3. The van der Waals surface area contributed by atoms with Gasteiger partial charge in [0.1, 0.15) is 0 Å². The molecular formula is C14H16INO3. The first-order chi connectivity index (χ1) is 9.00. The number of carbonyl (C=O) groups is 2. The third-order valence-electron chi connectivity index (χ3n) is 3.64. The fraction of sp³-hybridized carbons (Fsp3) is 0.429. The number of hydrogen-bond donors (Lipinski definition) is 1. The largest absolute Gasteiger partial charge is 0.481 e. The smallest absolute Gasteiger partial charge is 0.308 e. The summed E-state index contributed by atoms with van der Waals surface area (Å²) in [5.41, 5.74) is 0.629. The zero-order valence-corrected chi connectivity index (χ0v) is 12.8. The zero-order valence-electron chi connectivity index (χ0n) is 10.7. The molecule has 0 aliphatic carbocycles. The Bertz CT molecular complexity index is 503. The summed E-state index contributed by atoms with van der Waals surface area (Å²) in [6, 6.07) is 7.13. The molecule has 0 bridgehead atoms. The minimum absolute atomic E-state index is 0.0723. The van der Waals surface area contributed by atoms with Crippen LogP contribution in [0.5, 0.6) is 0 Å². The van der Waals surface area contributed by atoms with Crippen LogP contribution in [0.15, 0.2) is 24.3 Å². The average molecular weight is 373 g/mol. The predicted molar refractivity (Wildman–Crippen MR) is 80.0 cm³/mol. The van der Waals surface area contributed by atoms with Crippen LogP contribution >= 0.6 is 22.6 Å². The summed E-state index contributed by atoms with van der Waals surface area (Å²) in [7, 11) is 0. The maximum Gasteiger partial charge on any atom is 0.308 e. The first kappa shape index (κ1) is 14.3. The van der Waals surface area contributed by atoms with Gasteiger partial charge in [-0.05, 0) is 60.6 Å². The SMILES string of the molecule is C[C@@H]1[C@H](C(=O)O)CCCN1C(=O)c1cccc(I)c1. The number of hydrogen-bond acceptors (Lipinski definition) is 2. The lowest BCUT2D eigenvalue weighted by Gasteiger charge is -2.37. The zero-order chi connectivity index (χ0) is 14.0. The summed E-state index contributed by atoms with van der Waals surface area (Å²) in [6.07, 6.45) is 1.39. The van der Waals surface area contributed by atoms with Gasteiger partial charge in [0.2, 0.25) is 0 Å². The molecule has 1 aliphatic heterocycles. The number of amides is 1. The standard InChI is InChI=1S/C14H16INO3/c1-9-12(14(18)19)6-3-7-16(9)13(17)10-4-2-5-11(15)8-10/h2,4-5,8-9,12H,3,6-7H2,1H3,(H,18,19)/t9-,12-/m1/s1. The van der Waals surface area contributed by atoms with Gasteiger partial charge in [0.15, 0.2) is 0 Å². The molecule has 0 radical (unpaired) electrons. The number of halogens is 1. The molecule has 0 spiro atoms. The van der Waals surface area contributed by atoms with Crippen LogP contribution < -0.4 is 0 Å². The molecule has 102 valence electrons. The van der Waals surface area contributed by atoms with Gasteiger partial charge in [0.05, 0.1) is 5.92 Å². The van der Waals surface area contributed by atoms with E-state index in [1.807, 2.05) is 25.1 Å². The van der Waals surface area contributed by atoms with Gasteiger partial charge in [-0.1, -0.05) is 6.07 Å². The first-order valence-corrected chi connectivity index (χ1v) is 7.38. The van der Waals surface area contributed by atoms with Crippen LogP contribution in [0, 0.1) is 9.49 Å². The van der Waals surface area contributed by atoms with E-state index in [0.29, 0.717) is 18.5 Å². The molecule has 1 saturated heterocycles. The van der Waals surface area contributed by atoms with Crippen LogP contribution in [0.4, 0.5) is 0 Å². The molecule has 1 aliphatic rings. The summed E-state index contributed by atoms with van der Waals surface area (Å²) in [6.45, 7) is 2.46. The van der Waals surface area contributed by atoms with Crippen LogP contribution in [0.25, 0.3) is 0 Å². The monoisotopic (exact) mass is 373 g/mol. The third kappa shape index (κ3) is 3.08. The molecule has 1 heterocycles. The van der Waals surface area contributed by atoms with E-state index in [1.165, 1.54) is 0 Å². The Morgan fingerprint density at radius 1 is 1.42 bits per heavy atom. The predicted octanol–water partition coefficient (Wildman–Crippen LogP) is 2.62. The van der Waals surface area contributed by atoms with E-state index in [1.54, 1.807) is 11.0 Å². The summed E-state index contributed by atoms with van der Waals surface area (Å²) < 4.78 is 1.00. The highest BCUT2D eigenvalue weighted by Gasteiger charge is 2.35. The second-order valence-corrected chi connectivity index (χ2v) is 6.08. The Morgan fingerprint density at radius 3 is 2.79 bits per heavy atom. The molecule has 5 heteroatoms. The average Bonchev–Trinajstić information content (AvgIpc) is 2.38. The Balaban J connectivity index is 2.21. The minimum atomic E-state index is -0.812. The lowest BCUT2D eigenvalue weighted by Crippen LogP contribution is -2.49. The van der Waals surface area contributed by atoms with Crippen molar-refractivity contribution in [1.29, 1.82) is 0 Å². The molecule has 1 N–H and O–H groups in total. The Hall–Kier alpha value is -1.11. The second kappa shape index (κ2) is 5.90. The lowest BCUT2D eigenvalue weighted by molar-refractivity contribution is -0.144. The Morgan fingerprint density at radius 2 is 2.16 bits per heavy atom. The quantitative estimate of drug-likeness (QED) is 0.811. The van der Waals surface area contributed by atoms with Crippen LogP contribution in [-0.4, -0.2) is 34.5 Å². The van der Waals surface area contributed by atoms with Crippen molar-refractivity contribution in [3.05, 3.63) is 33.4 Å². The van der Waals surface area contributed by atoms with Crippen molar-refractivity contribution >= 4 is 34.5 Å². The summed E-state index contributed by atoms with van der Waals surface area (Å²) in [5, 5.41) is 9.18. The molecule has 0 saturated carbocycles. The highest BCUT2D eigenvalue weighted by Crippen LogP contribution is 2.25. The maximum atomic E-state index is 12.5. The topological polar surface area (TPSA) is 57.6 Å². The van der Waals surface area contributed by atoms with Crippen LogP contribution in [-0.2, 0) is 4.79 Å². The van der Waals surface area contributed by atoms with Gasteiger partial charge in [-0.2, -0.15) is 0 Å². The van der Waals surface area contributed by atoms with Gasteiger partial charge < -0.3 is 10.0 Å². The second-order valence-electron chi connectivity index (χ2n) is 4.84. The van der Waals surface area contributed by atoms with E-state index < -0.39 is 11.9 Å². The van der Waals surface area contributed by atoms with E-state index in [9.17, 15) is 14.7 Å². The van der Waals surface area contributed by atoms with Crippen molar-refractivity contribution in [3.8, 4) is 0 Å². The van der Waals surface area contributed by atoms with Crippen molar-refractivity contribution in [2.75, 3.05) is 6.54 Å². The molecular weight excluding hydrogens is 357 g/mol. The van der Waals surface area contributed by atoms with Gasteiger partial charge in [-0.15, -0.1) is 0 Å². The van der Waals surface area contributed by atoms with Crippen LogP contribution in [0.1, 0.15) is 30.1 Å². The van der Waals surface area contributed by atoms with E-state index in [4.69, 9.17) is 0 Å². The number of benzene rings is 1. The fourth-order valence-corrected chi connectivity index (χ4v) is 3.09. The van der Waals surface area contributed by atoms with E-state index >= 15 is 0 Å². The normalized spacial score (nSPS) is 23.2. The molecule has 2 atom stereocenters. The van der Waals surface area contributed by atoms with Crippen molar-refractivity contribution in [2.24, 2.45) is 5.92 Å². The third-order valence-corrected chi connectivity index (χ3v) is 4.31.